The molecule has 1 aromatic rings. The van der Waals surface area contributed by atoms with Crippen molar-refractivity contribution in [2.45, 2.75) is 46.2 Å². The highest BCUT2D eigenvalue weighted by Crippen LogP contribution is 2.16. The summed E-state index contributed by atoms with van der Waals surface area (Å²) >= 11 is 3.29. The topological polar surface area (TPSA) is 114 Å². The number of imide groups is 1. The number of rotatable bonds is 6. The Kier molecular flexibility index (Phi) is 8.62. The monoisotopic (exact) mass is 455 g/mol. The van der Waals surface area contributed by atoms with Crippen LogP contribution in [0.4, 0.5) is 4.79 Å². The zero-order valence-electron chi connectivity index (χ0n) is 16.6. The molecule has 0 aliphatic heterocycles. The summed E-state index contributed by atoms with van der Waals surface area (Å²) in [4.78, 5) is 48.2. The number of halogens is 1. The molecule has 3 N–H and O–H groups in total. The summed E-state index contributed by atoms with van der Waals surface area (Å²) < 4.78 is 5.56. The van der Waals surface area contributed by atoms with Gasteiger partial charge < -0.3 is 15.4 Å². The molecule has 154 valence electrons. The van der Waals surface area contributed by atoms with Gasteiger partial charge in [0.05, 0.1) is 5.56 Å². The molecule has 0 fully saturated rings. The number of urea groups is 1. The molecule has 1 rings (SSSR count). The molecule has 0 aliphatic carbocycles. The Balaban J connectivity index is 2.63. The van der Waals surface area contributed by atoms with Gasteiger partial charge in [0.15, 0.2) is 6.61 Å². The number of carbonyl (C=O) groups excluding carboxylic acids is 4. The molecule has 4 amide bonds. The Hall–Kier alpha value is -2.42. The molecule has 0 unspecified atom stereocenters. The number of ether oxygens (including phenoxy) is 1. The first-order valence-electron chi connectivity index (χ1n) is 8.74. The van der Waals surface area contributed by atoms with Crippen molar-refractivity contribution in [3.8, 4) is 0 Å². The maximum atomic E-state index is 12.4. The second-order valence-corrected chi connectivity index (χ2v) is 8.39. The lowest BCUT2D eigenvalue weighted by atomic mass is 10.0. The lowest BCUT2D eigenvalue weighted by Gasteiger charge is -2.22. The molecule has 0 spiro atoms. The van der Waals surface area contributed by atoms with Gasteiger partial charge in [0.25, 0.3) is 11.8 Å². The second-order valence-electron chi connectivity index (χ2n) is 7.54. The smallest absolute Gasteiger partial charge is 0.329 e. The van der Waals surface area contributed by atoms with E-state index in [0.29, 0.717) is 10.0 Å². The van der Waals surface area contributed by atoms with Crippen LogP contribution in [-0.4, -0.2) is 42.0 Å². The van der Waals surface area contributed by atoms with E-state index in [0.717, 1.165) is 0 Å². The Morgan fingerprint density at radius 3 is 2.25 bits per heavy atom. The molecule has 1 aromatic carbocycles. The van der Waals surface area contributed by atoms with Crippen LogP contribution in [0.2, 0.25) is 0 Å². The summed E-state index contributed by atoms with van der Waals surface area (Å²) in [5, 5.41) is 7.24. The van der Waals surface area contributed by atoms with E-state index in [1.165, 1.54) is 0 Å². The molecular weight excluding hydrogens is 430 g/mol. The molecule has 0 bridgehead atoms. The van der Waals surface area contributed by atoms with Crippen LogP contribution >= 0.6 is 15.9 Å². The van der Waals surface area contributed by atoms with E-state index in [9.17, 15) is 19.2 Å². The van der Waals surface area contributed by atoms with E-state index >= 15 is 0 Å². The third kappa shape index (κ3) is 8.08. The number of hydrogen-bond acceptors (Lipinski definition) is 5. The molecule has 0 heterocycles. The van der Waals surface area contributed by atoms with Crippen LogP contribution in [-0.2, 0) is 14.3 Å². The van der Waals surface area contributed by atoms with Crippen LogP contribution in [0.5, 0.6) is 0 Å². The average molecular weight is 456 g/mol. The van der Waals surface area contributed by atoms with Crippen LogP contribution in [0.3, 0.4) is 0 Å². The highest BCUT2D eigenvalue weighted by molar-refractivity contribution is 9.10. The van der Waals surface area contributed by atoms with Crippen molar-refractivity contribution in [3.05, 3.63) is 34.3 Å². The Morgan fingerprint density at radius 1 is 1.11 bits per heavy atom. The minimum absolute atomic E-state index is 0.272. The third-order valence-corrected chi connectivity index (χ3v) is 4.10. The van der Waals surface area contributed by atoms with Crippen molar-refractivity contribution in [2.75, 3.05) is 6.61 Å². The maximum Gasteiger partial charge on any atom is 0.329 e. The van der Waals surface area contributed by atoms with Crippen molar-refractivity contribution < 1.29 is 23.9 Å². The van der Waals surface area contributed by atoms with E-state index in [2.05, 4.69) is 31.9 Å². The highest BCUT2D eigenvalue weighted by atomic mass is 79.9. The minimum atomic E-state index is -0.948. The standard InChI is InChI=1S/C19H26BrN3O5/c1-11(2)15(22-16(25)12-8-6-7-9-13(12)20)17(26)28-10-14(24)21-18(27)23-19(3,4)5/h6-9,11,15H,10H2,1-5H3,(H,22,25)(H2,21,23,24,27)/t15-/m0/s1. The van der Waals surface area contributed by atoms with Crippen molar-refractivity contribution in [3.63, 3.8) is 0 Å². The minimum Gasteiger partial charge on any atom is -0.454 e. The first-order valence-corrected chi connectivity index (χ1v) is 9.54. The summed E-state index contributed by atoms with van der Waals surface area (Å²) in [5.74, 6) is -2.25. The average Bonchev–Trinajstić information content (AvgIpc) is 2.55. The molecule has 9 heteroatoms. The zero-order valence-corrected chi connectivity index (χ0v) is 18.2. The SMILES string of the molecule is CC(C)[C@H](NC(=O)c1ccccc1Br)C(=O)OCC(=O)NC(=O)NC(C)(C)C. The fraction of sp³-hybridized carbons (Fsp3) is 0.474. The van der Waals surface area contributed by atoms with Gasteiger partial charge in [-0.2, -0.15) is 0 Å². The highest BCUT2D eigenvalue weighted by Gasteiger charge is 2.27. The Morgan fingerprint density at radius 2 is 1.71 bits per heavy atom. The molecule has 0 saturated carbocycles. The van der Waals surface area contributed by atoms with Crippen molar-refractivity contribution in [2.24, 2.45) is 5.92 Å². The number of nitrogens with one attached hydrogen (secondary N) is 3. The molecule has 0 aliphatic rings. The summed E-state index contributed by atoms with van der Waals surface area (Å²) in [6.45, 7) is 8.13. The Labute approximate surface area is 172 Å². The van der Waals surface area contributed by atoms with Crippen LogP contribution in [0.1, 0.15) is 45.0 Å². The van der Waals surface area contributed by atoms with E-state index in [1.54, 1.807) is 58.9 Å². The van der Waals surface area contributed by atoms with E-state index in [1.807, 2.05) is 0 Å². The summed E-state index contributed by atoms with van der Waals surface area (Å²) in [7, 11) is 0. The fourth-order valence-corrected chi connectivity index (χ4v) is 2.59. The van der Waals surface area contributed by atoms with Gasteiger partial charge in [-0.15, -0.1) is 0 Å². The number of carbonyl (C=O) groups is 4. The normalized spacial score (nSPS) is 12.1. The number of amides is 4. The third-order valence-electron chi connectivity index (χ3n) is 3.41. The number of hydrogen-bond donors (Lipinski definition) is 3. The van der Waals surface area contributed by atoms with Crippen LogP contribution < -0.4 is 16.0 Å². The van der Waals surface area contributed by atoms with Gasteiger partial charge in [-0.1, -0.05) is 26.0 Å². The summed E-state index contributed by atoms with van der Waals surface area (Å²) in [6.07, 6.45) is 0. The largest absolute Gasteiger partial charge is 0.454 e. The van der Waals surface area contributed by atoms with E-state index < -0.39 is 42.0 Å². The van der Waals surface area contributed by atoms with Gasteiger partial charge >= 0.3 is 12.0 Å². The second kappa shape index (κ2) is 10.2. The van der Waals surface area contributed by atoms with Crippen LogP contribution in [0.25, 0.3) is 0 Å². The van der Waals surface area contributed by atoms with Gasteiger partial charge in [-0.3, -0.25) is 14.9 Å². The van der Waals surface area contributed by atoms with Gasteiger partial charge in [-0.25, -0.2) is 9.59 Å². The van der Waals surface area contributed by atoms with Crippen molar-refractivity contribution in [1.29, 1.82) is 0 Å². The van der Waals surface area contributed by atoms with Crippen LogP contribution in [0, 0.1) is 5.92 Å². The quantitative estimate of drug-likeness (QED) is 0.569. The fourth-order valence-electron chi connectivity index (χ4n) is 2.12. The summed E-state index contributed by atoms with van der Waals surface area (Å²) in [6, 6.07) is 5.17. The van der Waals surface area contributed by atoms with Gasteiger partial charge in [0, 0.05) is 10.0 Å². The lowest BCUT2D eigenvalue weighted by Crippen LogP contribution is -2.50. The first kappa shape index (κ1) is 23.6. The molecular formula is C19H26BrN3O5. The molecule has 1 atom stereocenters. The van der Waals surface area contributed by atoms with Gasteiger partial charge in [-0.05, 0) is 54.8 Å². The van der Waals surface area contributed by atoms with Crippen LogP contribution in [0.15, 0.2) is 28.7 Å². The summed E-state index contributed by atoms with van der Waals surface area (Å²) in [5.41, 5.74) is -0.141. The maximum absolute atomic E-state index is 12.4. The lowest BCUT2D eigenvalue weighted by molar-refractivity contribution is -0.151. The predicted octanol–water partition coefficient (Wildman–Crippen LogP) is 2.37. The number of benzene rings is 1. The zero-order chi connectivity index (χ0) is 21.5. The van der Waals surface area contributed by atoms with E-state index in [-0.39, 0.29) is 5.92 Å². The van der Waals surface area contributed by atoms with Gasteiger partial charge in [0.1, 0.15) is 6.04 Å². The molecule has 0 saturated heterocycles. The molecule has 28 heavy (non-hydrogen) atoms. The Bertz CT molecular complexity index is 743. The van der Waals surface area contributed by atoms with E-state index in [4.69, 9.17) is 4.74 Å². The first-order chi connectivity index (χ1) is 12.9. The molecule has 0 aromatic heterocycles. The predicted molar refractivity (Wildman–Crippen MR) is 108 cm³/mol. The van der Waals surface area contributed by atoms with Crippen molar-refractivity contribution >= 4 is 39.7 Å². The van der Waals surface area contributed by atoms with Crippen molar-refractivity contribution in [1.82, 2.24) is 16.0 Å². The molecule has 0 radical (unpaired) electrons. The van der Waals surface area contributed by atoms with Gasteiger partial charge in [0.2, 0.25) is 0 Å². The molecule has 8 nitrogen and oxygen atoms in total. The number of esters is 1.